The third-order valence-electron chi connectivity index (χ3n) is 0.899. The van der Waals surface area contributed by atoms with Crippen LogP contribution in [0, 0.1) is 0 Å². The fraction of sp³-hybridized carbons (Fsp3) is 1.00. The van der Waals surface area contributed by atoms with Gasteiger partial charge in [-0.15, -0.1) is 0 Å². The molecule has 0 aromatic rings. The van der Waals surface area contributed by atoms with Crippen LogP contribution in [0.2, 0.25) is 0 Å². The summed E-state index contributed by atoms with van der Waals surface area (Å²) in [7, 11) is 0. The predicted octanol–water partition coefficient (Wildman–Crippen LogP) is 1.04. The van der Waals surface area contributed by atoms with E-state index >= 15 is 0 Å². The molecule has 2 unspecified atom stereocenters. The second-order valence-electron chi connectivity index (χ2n) is 1.58. The lowest BCUT2D eigenvalue weighted by molar-refractivity contribution is 0.00800. The largest absolute Gasteiger partial charge is 0.345 e. The molecule has 1 aliphatic heterocycles. The van der Waals surface area contributed by atoms with E-state index in [-0.39, 0.29) is 13.0 Å². The lowest BCUT2D eigenvalue weighted by Gasteiger charge is -1.89. The number of rotatable bonds is 0. The van der Waals surface area contributed by atoms with Gasteiger partial charge in [0, 0.05) is 6.42 Å². The summed E-state index contributed by atoms with van der Waals surface area (Å²) in [6, 6.07) is 0. The first kappa shape index (κ1) is 4.97. The van der Waals surface area contributed by atoms with Gasteiger partial charge in [-0.3, -0.25) is 0 Å². The molecule has 0 spiro atoms. The van der Waals surface area contributed by atoms with Crippen LogP contribution in [0.1, 0.15) is 6.42 Å². The van der Waals surface area contributed by atoms with E-state index in [2.05, 4.69) is 4.74 Å². The van der Waals surface area contributed by atoms with Gasteiger partial charge in [0.05, 0.1) is 6.61 Å². The normalized spacial score (nSPS) is 42.0. The molecule has 0 radical (unpaired) electrons. The van der Waals surface area contributed by atoms with Crippen molar-refractivity contribution in [3.63, 3.8) is 0 Å². The standard InChI is InChI=1S/C4H6F2O/c5-3-1-4(6)7-2-3/h3-4H,1-2H2. The molecule has 0 N–H and O–H groups in total. The molecule has 0 aromatic heterocycles. The van der Waals surface area contributed by atoms with Gasteiger partial charge >= 0.3 is 0 Å². The summed E-state index contributed by atoms with van der Waals surface area (Å²) in [6.45, 7) is -0.0683. The van der Waals surface area contributed by atoms with Gasteiger partial charge < -0.3 is 4.74 Å². The number of hydrogen-bond acceptors (Lipinski definition) is 1. The summed E-state index contributed by atoms with van der Waals surface area (Å²) < 4.78 is 27.7. The van der Waals surface area contributed by atoms with E-state index in [1.165, 1.54) is 0 Å². The highest BCUT2D eigenvalue weighted by Gasteiger charge is 2.23. The molecule has 3 heteroatoms. The minimum atomic E-state index is -1.35. The van der Waals surface area contributed by atoms with Crippen molar-refractivity contribution in [2.24, 2.45) is 0 Å². The zero-order chi connectivity index (χ0) is 5.28. The molecule has 0 aliphatic carbocycles. The van der Waals surface area contributed by atoms with Crippen LogP contribution in [-0.2, 0) is 4.74 Å². The van der Waals surface area contributed by atoms with Crippen LogP contribution in [0.5, 0.6) is 0 Å². The molecule has 1 nitrogen and oxygen atoms in total. The predicted molar refractivity (Wildman–Crippen MR) is 20.4 cm³/mol. The van der Waals surface area contributed by atoms with Crippen molar-refractivity contribution in [2.75, 3.05) is 6.61 Å². The molecule has 1 rings (SSSR count). The molecule has 42 valence electrons. The highest BCUT2D eigenvalue weighted by Crippen LogP contribution is 2.15. The van der Waals surface area contributed by atoms with E-state index in [1.807, 2.05) is 0 Å². The highest BCUT2D eigenvalue weighted by molar-refractivity contribution is 4.63. The van der Waals surface area contributed by atoms with Gasteiger partial charge in [0.25, 0.3) is 0 Å². The number of ether oxygens (including phenoxy) is 1. The molecule has 1 heterocycles. The van der Waals surface area contributed by atoms with Crippen molar-refractivity contribution in [3.05, 3.63) is 0 Å². The Morgan fingerprint density at radius 3 is 2.29 bits per heavy atom. The van der Waals surface area contributed by atoms with Crippen molar-refractivity contribution in [2.45, 2.75) is 19.0 Å². The quantitative estimate of drug-likeness (QED) is 0.450. The summed E-state index contributed by atoms with van der Waals surface area (Å²) in [6.07, 6.45) is -2.51. The zero-order valence-corrected chi connectivity index (χ0v) is 3.73. The molecular formula is C4H6F2O. The molecule has 1 aliphatic rings. The summed E-state index contributed by atoms with van der Waals surface area (Å²) in [4.78, 5) is 0. The number of halogens is 2. The molecule has 1 saturated heterocycles. The Hall–Kier alpha value is -0.180. The Labute approximate surface area is 40.3 Å². The van der Waals surface area contributed by atoms with E-state index in [4.69, 9.17) is 0 Å². The molecular weight excluding hydrogens is 102 g/mol. The van der Waals surface area contributed by atoms with Crippen molar-refractivity contribution in [1.82, 2.24) is 0 Å². The van der Waals surface area contributed by atoms with Crippen LogP contribution in [0.4, 0.5) is 8.78 Å². The Kier molecular flexibility index (Phi) is 1.23. The second-order valence-corrected chi connectivity index (χ2v) is 1.58. The fourth-order valence-electron chi connectivity index (χ4n) is 0.546. The minimum Gasteiger partial charge on any atom is -0.345 e. The van der Waals surface area contributed by atoms with Gasteiger partial charge in [0.2, 0.25) is 6.36 Å². The van der Waals surface area contributed by atoms with Gasteiger partial charge in [0.1, 0.15) is 6.17 Å². The lowest BCUT2D eigenvalue weighted by Crippen LogP contribution is -1.95. The van der Waals surface area contributed by atoms with E-state index in [9.17, 15) is 8.78 Å². The van der Waals surface area contributed by atoms with Crippen molar-refractivity contribution >= 4 is 0 Å². The summed E-state index contributed by atoms with van der Waals surface area (Å²) >= 11 is 0. The maximum absolute atomic E-state index is 11.8. The molecule has 0 aromatic carbocycles. The van der Waals surface area contributed by atoms with Crippen LogP contribution >= 0.6 is 0 Å². The zero-order valence-electron chi connectivity index (χ0n) is 3.73. The number of alkyl halides is 2. The second kappa shape index (κ2) is 1.74. The van der Waals surface area contributed by atoms with Crippen LogP contribution in [0.3, 0.4) is 0 Å². The summed E-state index contributed by atoms with van der Waals surface area (Å²) in [5.41, 5.74) is 0. The lowest BCUT2D eigenvalue weighted by atomic mass is 10.3. The monoisotopic (exact) mass is 108 g/mol. The maximum Gasteiger partial charge on any atom is 0.201 e. The fourth-order valence-corrected chi connectivity index (χ4v) is 0.546. The average molecular weight is 108 g/mol. The smallest absolute Gasteiger partial charge is 0.201 e. The third-order valence-corrected chi connectivity index (χ3v) is 0.899. The van der Waals surface area contributed by atoms with Gasteiger partial charge in [-0.25, -0.2) is 8.78 Å². The van der Waals surface area contributed by atoms with Gasteiger partial charge in [-0.1, -0.05) is 0 Å². The van der Waals surface area contributed by atoms with Crippen LogP contribution < -0.4 is 0 Å². The minimum absolute atomic E-state index is 0.0683. The Balaban J connectivity index is 2.26. The molecule has 0 saturated carbocycles. The summed E-state index contributed by atoms with van der Waals surface area (Å²) in [5.74, 6) is 0. The third kappa shape index (κ3) is 1.09. The molecule has 0 amide bonds. The molecule has 7 heavy (non-hydrogen) atoms. The van der Waals surface area contributed by atoms with Crippen LogP contribution in [-0.4, -0.2) is 19.1 Å². The highest BCUT2D eigenvalue weighted by atomic mass is 19.2. The van der Waals surface area contributed by atoms with E-state index in [0.717, 1.165) is 0 Å². The Morgan fingerprint density at radius 2 is 2.14 bits per heavy atom. The van der Waals surface area contributed by atoms with Gasteiger partial charge in [-0.2, -0.15) is 0 Å². The SMILES string of the molecule is FC1COC(F)C1. The first-order valence-corrected chi connectivity index (χ1v) is 2.19. The Morgan fingerprint density at radius 1 is 1.43 bits per heavy atom. The molecule has 2 atom stereocenters. The molecule has 1 fully saturated rings. The number of hydrogen-bond donors (Lipinski definition) is 0. The summed E-state index contributed by atoms with van der Waals surface area (Å²) in [5, 5.41) is 0. The van der Waals surface area contributed by atoms with E-state index < -0.39 is 12.5 Å². The van der Waals surface area contributed by atoms with Crippen molar-refractivity contribution in [1.29, 1.82) is 0 Å². The van der Waals surface area contributed by atoms with E-state index in [0.29, 0.717) is 0 Å². The first-order chi connectivity index (χ1) is 3.29. The van der Waals surface area contributed by atoms with Gasteiger partial charge in [0.15, 0.2) is 0 Å². The van der Waals surface area contributed by atoms with Crippen LogP contribution in [0.15, 0.2) is 0 Å². The van der Waals surface area contributed by atoms with Crippen LogP contribution in [0.25, 0.3) is 0 Å². The topological polar surface area (TPSA) is 9.23 Å². The molecule has 0 bridgehead atoms. The van der Waals surface area contributed by atoms with Gasteiger partial charge in [-0.05, 0) is 0 Å². The maximum atomic E-state index is 11.8. The van der Waals surface area contributed by atoms with Crippen molar-refractivity contribution in [3.8, 4) is 0 Å². The van der Waals surface area contributed by atoms with Crippen molar-refractivity contribution < 1.29 is 13.5 Å². The van der Waals surface area contributed by atoms with E-state index in [1.54, 1.807) is 0 Å². The Bertz CT molecular complexity index is 58.7. The first-order valence-electron chi connectivity index (χ1n) is 2.19. The average Bonchev–Trinajstić information content (AvgIpc) is 1.87.